The number of carbonyl (C=O) groups excluding carboxylic acids is 1. The number of H-pyrrole nitrogens is 2. The molecular formula is C24H26N4O4. The van der Waals surface area contributed by atoms with Gasteiger partial charge in [-0.15, -0.1) is 0 Å². The average Bonchev–Trinajstić information content (AvgIpc) is 2.76. The molecule has 1 aromatic heterocycles. The maximum atomic E-state index is 12.5. The van der Waals surface area contributed by atoms with E-state index in [1.165, 1.54) is 6.08 Å². The van der Waals surface area contributed by atoms with Crippen molar-refractivity contribution in [3.05, 3.63) is 96.6 Å². The molecule has 0 aliphatic heterocycles. The molecule has 2 aromatic carbocycles. The van der Waals surface area contributed by atoms with E-state index in [9.17, 15) is 14.4 Å². The molecule has 8 nitrogen and oxygen atoms in total. The highest BCUT2D eigenvalue weighted by atomic mass is 16.5. The SMILES string of the molecule is CN(C)CCCOc1ccc(/C=c2\[nH]c(=O)/c(=C/c3ccc(C(N)=O)cc3)[nH]c2=O)cc1. The van der Waals surface area contributed by atoms with Crippen molar-refractivity contribution in [1.29, 1.82) is 0 Å². The number of carbonyl (C=O) groups is 1. The van der Waals surface area contributed by atoms with Gasteiger partial charge in [0.2, 0.25) is 5.91 Å². The van der Waals surface area contributed by atoms with E-state index in [1.54, 1.807) is 30.3 Å². The molecule has 0 atom stereocenters. The molecule has 0 aliphatic rings. The zero-order chi connectivity index (χ0) is 23.1. The van der Waals surface area contributed by atoms with Crippen molar-refractivity contribution in [3.8, 4) is 5.75 Å². The summed E-state index contributed by atoms with van der Waals surface area (Å²) in [6.07, 6.45) is 4.05. The fraction of sp³-hybridized carbons (Fsp3) is 0.208. The van der Waals surface area contributed by atoms with Crippen molar-refractivity contribution in [1.82, 2.24) is 14.9 Å². The van der Waals surface area contributed by atoms with Gasteiger partial charge < -0.3 is 25.3 Å². The van der Waals surface area contributed by atoms with Gasteiger partial charge in [-0.1, -0.05) is 24.3 Å². The van der Waals surface area contributed by atoms with E-state index in [2.05, 4.69) is 14.9 Å². The molecule has 0 saturated carbocycles. The summed E-state index contributed by atoms with van der Waals surface area (Å²) in [7, 11) is 4.04. The number of aromatic nitrogens is 2. The number of nitrogens with zero attached hydrogens (tertiary/aromatic N) is 1. The molecule has 3 rings (SSSR count). The first kappa shape index (κ1) is 22.8. The number of rotatable bonds is 8. The maximum Gasteiger partial charge on any atom is 0.272 e. The molecule has 4 N–H and O–H groups in total. The van der Waals surface area contributed by atoms with Gasteiger partial charge in [0.05, 0.1) is 6.61 Å². The first-order valence-corrected chi connectivity index (χ1v) is 10.2. The lowest BCUT2D eigenvalue weighted by Crippen LogP contribution is -2.46. The normalized spacial score (nSPS) is 12.3. The minimum atomic E-state index is -0.536. The average molecular weight is 434 g/mol. The molecule has 0 fully saturated rings. The Labute approximate surface area is 184 Å². The highest BCUT2D eigenvalue weighted by Crippen LogP contribution is 2.12. The summed E-state index contributed by atoms with van der Waals surface area (Å²) in [6.45, 7) is 1.57. The minimum absolute atomic E-state index is 0.112. The van der Waals surface area contributed by atoms with E-state index < -0.39 is 17.0 Å². The number of hydrogen-bond acceptors (Lipinski definition) is 5. The van der Waals surface area contributed by atoms with Gasteiger partial charge in [0.15, 0.2) is 0 Å². The van der Waals surface area contributed by atoms with Crippen molar-refractivity contribution in [2.24, 2.45) is 5.73 Å². The third-order valence-electron chi connectivity index (χ3n) is 4.70. The lowest BCUT2D eigenvalue weighted by Gasteiger charge is -2.10. The van der Waals surface area contributed by atoms with Crippen molar-refractivity contribution < 1.29 is 9.53 Å². The van der Waals surface area contributed by atoms with Crippen LogP contribution in [0.3, 0.4) is 0 Å². The van der Waals surface area contributed by atoms with Crippen LogP contribution in [0.1, 0.15) is 27.9 Å². The Morgan fingerprint density at radius 3 is 1.88 bits per heavy atom. The fourth-order valence-electron chi connectivity index (χ4n) is 3.00. The Balaban J connectivity index is 1.79. The summed E-state index contributed by atoms with van der Waals surface area (Å²) in [4.78, 5) is 43.4. The van der Waals surface area contributed by atoms with E-state index in [0.717, 1.165) is 24.3 Å². The monoisotopic (exact) mass is 434 g/mol. The Morgan fingerprint density at radius 2 is 1.41 bits per heavy atom. The Morgan fingerprint density at radius 1 is 0.906 bits per heavy atom. The molecule has 0 bridgehead atoms. The minimum Gasteiger partial charge on any atom is -0.494 e. The van der Waals surface area contributed by atoms with Crippen LogP contribution in [0.4, 0.5) is 0 Å². The van der Waals surface area contributed by atoms with Gasteiger partial charge >= 0.3 is 0 Å². The summed E-state index contributed by atoms with van der Waals surface area (Å²) < 4.78 is 5.70. The predicted octanol–water partition coefficient (Wildman–Crippen LogP) is 0.150. The first-order chi connectivity index (χ1) is 15.3. The van der Waals surface area contributed by atoms with Crippen LogP contribution in [0.2, 0.25) is 0 Å². The van der Waals surface area contributed by atoms with Crippen LogP contribution in [0.25, 0.3) is 12.2 Å². The first-order valence-electron chi connectivity index (χ1n) is 10.2. The van der Waals surface area contributed by atoms with Crippen molar-refractivity contribution in [3.63, 3.8) is 0 Å². The zero-order valence-electron chi connectivity index (χ0n) is 18.1. The Bertz CT molecular complexity index is 1300. The number of primary amides is 1. The lowest BCUT2D eigenvalue weighted by molar-refractivity contribution is 0.100. The van der Waals surface area contributed by atoms with Crippen LogP contribution >= 0.6 is 0 Å². The molecular weight excluding hydrogens is 408 g/mol. The molecule has 8 heteroatoms. The third kappa shape index (κ3) is 6.29. The quantitative estimate of drug-likeness (QED) is 0.436. The van der Waals surface area contributed by atoms with E-state index in [0.29, 0.717) is 17.7 Å². The largest absolute Gasteiger partial charge is 0.494 e. The number of nitrogens with one attached hydrogen (secondary N) is 2. The molecule has 0 spiro atoms. The standard InChI is InChI=1S/C24H26N4O4/c1-28(2)12-3-13-32-19-10-6-17(7-11-19)15-21-24(31)26-20(23(30)27-21)14-16-4-8-18(9-5-16)22(25)29/h4-11,14-15H,3,12-13H2,1-2H3,(H2,25,29)(H,26,31)(H,27,30)/b20-14-,21-15-. The smallest absolute Gasteiger partial charge is 0.272 e. The van der Waals surface area contributed by atoms with Crippen LogP contribution in [0.5, 0.6) is 5.75 Å². The molecule has 1 heterocycles. The molecule has 0 unspecified atom stereocenters. The van der Waals surface area contributed by atoms with Crippen LogP contribution in [-0.2, 0) is 0 Å². The molecule has 32 heavy (non-hydrogen) atoms. The summed E-state index contributed by atoms with van der Waals surface area (Å²) in [5, 5.41) is 0.260. The number of amides is 1. The van der Waals surface area contributed by atoms with E-state index in [4.69, 9.17) is 10.5 Å². The van der Waals surface area contributed by atoms with Crippen LogP contribution in [-0.4, -0.2) is 48.0 Å². The van der Waals surface area contributed by atoms with Gasteiger partial charge in [0, 0.05) is 12.1 Å². The van der Waals surface area contributed by atoms with Gasteiger partial charge in [0.25, 0.3) is 11.1 Å². The van der Waals surface area contributed by atoms with Crippen molar-refractivity contribution in [2.45, 2.75) is 6.42 Å². The molecule has 166 valence electrons. The van der Waals surface area contributed by atoms with Crippen LogP contribution in [0.15, 0.2) is 58.1 Å². The van der Waals surface area contributed by atoms with Crippen LogP contribution in [0, 0.1) is 0 Å². The zero-order valence-corrected chi connectivity index (χ0v) is 18.1. The number of ether oxygens (including phenoxy) is 1. The predicted molar refractivity (Wildman–Crippen MR) is 124 cm³/mol. The molecule has 0 aliphatic carbocycles. The summed E-state index contributed by atoms with van der Waals surface area (Å²) in [5.74, 6) is 0.210. The molecule has 0 radical (unpaired) electrons. The second-order valence-corrected chi connectivity index (χ2v) is 7.58. The lowest BCUT2D eigenvalue weighted by atomic mass is 10.1. The number of nitrogens with two attached hydrogens (primary N) is 1. The highest BCUT2D eigenvalue weighted by molar-refractivity contribution is 5.92. The summed E-state index contributed by atoms with van der Waals surface area (Å²) in [6, 6.07) is 13.7. The molecule has 0 saturated heterocycles. The van der Waals surface area contributed by atoms with Crippen LogP contribution < -0.4 is 32.3 Å². The molecule has 3 aromatic rings. The van der Waals surface area contributed by atoms with Crippen molar-refractivity contribution in [2.75, 3.05) is 27.2 Å². The van der Waals surface area contributed by atoms with Gasteiger partial charge in [-0.3, -0.25) is 14.4 Å². The van der Waals surface area contributed by atoms with E-state index >= 15 is 0 Å². The van der Waals surface area contributed by atoms with Gasteiger partial charge in [-0.05, 0) is 68.1 Å². The Kier molecular flexibility index (Phi) is 7.41. The second-order valence-electron chi connectivity index (χ2n) is 7.58. The second kappa shape index (κ2) is 10.4. The number of aromatic amines is 2. The summed E-state index contributed by atoms with van der Waals surface area (Å²) >= 11 is 0. The number of benzene rings is 2. The topological polar surface area (TPSA) is 121 Å². The van der Waals surface area contributed by atoms with Crippen molar-refractivity contribution >= 4 is 18.1 Å². The maximum absolute atomic E-state index is 12.5. The van der Waals surface area contributed by atoms with Gasteiger partial charge in [-0.25, -0.2) is 0 Å². The van der Waals surface area contributed by atoms with Gasteiger partial charge in [0.1, 0.15) is 16.4 Å². The fourth-order valence-corrected chi connectivity index (χ4v) is 3.00. The Hall–Kier alpha value is -3.91. The van der Waals surface area contributed by atoms with E-state index in [1.807, 2.05) is 38.4 Å². The molecule has 1 amide bonds. The summed E-state index contributed by atoms with van der Waals surface area (Å²) in [5.41, 5.74) is 6.13. The third-order valence-corrected chi connectivity index (χ3v) is 4.70. The van der Waals surface area contributed by atoms with E-state index in [-0.39, 0.29) is 10.7 Å². The highest BCUT2D eigenvalue weighted by Gasteiger charge is 2.01. The van der Waals surface area contributed by atoms with Gasteiger partial charge in [-0.2, -0.15) is 0 Å². The number of hydrogen-bond donors (Lipinski definition) is 3.